The molecule has 6 rings (SSSR count). The average Bonchev–Trinajstić information content (AvgIpc) is 2.88. The van der Waals surface area contributed by atoms with Crippen molar-refractivity contribution in [2.45, 2.75) is 115 Å². The highest BCUT2D eigenvalue weighted by Crippen LogP contribution is 2.45. The fraction of sp³-hybridized carbons (Fsp3) is 0.710. The standard InChI is InChI=1S/C31H44N4O3/c1-21-15-16-24-17-25(18-28(21)34(24)23-11-7-5-3-2-4-6-8-12-23)35-27-14-10-9-13-26(27)32-29(30(35)36)33-19-22(20-33)31(37)38/h9-10,13-14,21-25,28H,2-8,11-12,15-20H2,1H3,(H,37,38)/t21-,24+,25-,28+/m0/s1. The summed E-state index contributed by atoms with van der Waals surface area (Å²) in [6, 6.07) is 9.89. The Balaban J connectivity index is 1.31. The molecule has 206 valence electrons. The zero-order valence-corrected chi connectivity index (χ0v) is 22.9. The number of carboxylic acids is 1. The van der Waals surface area contributed by atoms with Crippen LogP contribution >= 0.6 is 0 Å². The number of aromatic nitrogens is 2. The van der Waals surface area contributed by atoms with Crippen molar-refractivity contribution in [1.82, 2.24) is 14.5 Å². The first-order valence-corrected chi connectivity index (χ1v) is 15.3. The van der Waals surface area contributed by atoms with Gasteiger partial charge in [-0.15, -0.1) is 0 Å². The van der Waals surface area contributed by atoms with E-state index in [0.29, 0.717) is 43.0 Å². The molecule has 1 aromatic carbocycles. The molecule has 7 heteroatoms. The van der Waals surface area contributed by atoms with Crippen LogP contribution in [0.1, 0.15) is 96.4 Å². The largest absolute Gasteiger partial charge is 0.481 e. The van der Waals surface area contributed by atoms with Gasteiger partial charge in [0.1, 0.15) is 0 Å². The molecule has 7 nitrogen and oxygen atoms in total. The number of carbonyl (C=O) groups is 1. The second kappa shape index (κ2) is 11.0. The van der Waals surface area contributed by atoms with Gasteiger partial charge >= 0.3 is 5.97 Å². The van der Waals surface area contributed by atoms with Crippen LogP contribution in [0.4, 0.5) is 5.82 Å². The van der Waals surface area contributed by atoms with E-state index in [0.717, 1.165) is 23.9 Å². The number of fused-ring (bicyclic) bond motifs is 3. The Bertz CT molecular complexity index is 1200. The highest BCUT2D eigenvalue weighted by molar-refractivity contribution is 5.78. The Hall–Kier alpha value is -2.41. The van der Waals surface area contributed by atoms with E-state index in [9.17, 15) is 14.7 Å². The van der Waals surface area contributed by atoms with Crippen molar-refractivity contribution in [3.05, 3.63) is 34.6 Å². The number of hydrogen-bond donors (Lipinski definition) is 1. The van der Waals surface area contributed by atoms with Crippen LogP contribution in [-0.4, -0.2) is 56.7 Å². The number of piperidine rings is 2. The highest BCUT2D eigenvalue weighted by Gasteiger charge is 2.45. The number of benzene rings is 1. The van der Waals surface area contributed by atoms with Crippen LogP contribution in [-0.2, 0) is 4.79 Å². The summed E-state index contributed by atoms with van der Waals surface area (Å²) in [6.45, 7) is 3.15. The Labute approximate surface area is 226 Å². The van der Waals surface area contributed by atoms with Gasteiger partial charge in [0.25, 0.3) is 5.56 Å². The van der Waals surface area contributed by atoms with E-state index >= 15 is 0 Å². The van der Waals surface area contributed by atoms with Gasteiger partial charge in [-0.3, -0.25) is 14.5 Å². The normalized spacial score (nSPS) is 30.2. The van der Waals surface area contributed by atoms with E-state index < -0.39 is 11.9 Å². The average molecular weight is 521 g/mol. The van der Waals surface area contributed by atoms with Crippen LogP contribution in [0.15, 0.2) is 29.1 Å². The fourth-order valence-electron chi connectivity index (χ4n) is 8.03. The minimum absolute atomic E-state index is 0.0459. The number of carboxylic acid groups (broad SMARTS) is 1. The highest BCUT2D eigenvalue weighted by atomic mass is 16.4. The maximum absolute atomic E-state index is 14.0. The molecule has 38 heavy (non-hydrogen) atoms. The Morgan fingerprint density at radius 1 is 0.868 bits per heavy atom. The minimum atomic E-state index is -0.794. The quantitative estimate of drug-likeness (QED) is 0.564. The fourth-order valence-corrected chi connectivity index (χ4v) is 8.03. The van der Waals surface area contributed by atoms with Crippen molar-refractivity contribution in [3.8, 4) is 0 Å². The van der Waals surface area contributed by atoms with E-state index in [1.165, 1.54) is 70.6 Å². The molecule has 4 heterocycles. The van der Waals surface area contributed by atoms with Gasteiger partial charge in [0, 0.05) is 37.3 Å². The van der Waals surface area contributed by atoms with Gasteiger partial charge in [0.2, 0.25) is 0 Å². The molecule has 3 aliphatic heterocycles. The predicted octanol–water partition coefficient (Wildman–Crippen LogP) is 5.61. The summed E-state index contributed by atoms with van der Waals surface area (Å²) < 4.78 is 2.05. The Morgan fingerprint density at radius 3 is 2.26 bits per heavy atom. The number of para-hydroxylation sites is 2. The summed E-state index contributed by atoms with van der Waals surface area (Å²) in [6.07, 6.45) is 16.8. The smallest absolute Gasteiger partial charge is 0.310 e. The van der Waals surface area contributed by atoms with E-state index in [4.69, 9.17) is 4.98 Å². The summed E-state index contributed by atoms with van der Waals surface area (Å²) >= 11 is 0. The summed E-state index contributed by atoms with van der Waals surface area (Å²) in [7, 11) is 0. The first-order chi connectivity index (χ1) is 18.5. The first kappa shape index (κ1) is 25.8. The molecule has 1 aliphatic carbocycles. The first-order valence-electron chi connectivity index (χ1n) is 15.3. The summed E-state index contributed by atoms with van der Waals surface area (Å²) in [4.78, 5) is 35.0. The number of hydrogen-bond acceptors (Lipinski definition) is 5. The lowest BCUT2D eigenvalue weighted by Crippen LogP contribution is -2.60. The Kier molecular flexibility index (Phi) is 7.48. The van der Waals surface area contributed by atoms with E-state index in [1.807, 2.05) is 29.2 Å². The molecule has 0 amide bonds. The van der Waals surface area contributed by atoms with Crippen molar-refractivity contribution in [2.24, 2.45) is 11.8 Å². The van der Waals surface area contributed by atoms with Gasteiger partial charge in [-0.1, -0.05) is 64.0 Å². The van der Waals surface area contributed by atoms with E-state index in [1.54, 1.807) is 0 Å². The lowest BCUT2D eigenvalue weighted by molar-refractivity contribution is -0.142. The van der Waals surface area contributed by atoms with Gasteiger partial charge in [-0.05, 0) is 56.6 Å². The van der Waals surface area contributed by atoms with Gasteiger partial charge in [0.05, 0.1) is 17.0 Å². The third-order valence-corrected chi connectivity index (χ3v) is 10.1. The molecule has 2 aromatic rings. The molecule has 0 unspecified atom stereocenters. The third-order valence-electron chi connectivity index (χ3n) is 10.1. The molecule has 4 atom stereocenters. The van der Waals surface area contributed by atoms with Crippen LogP contribution < -0.4 is 10.5 Å². The summed E-state index contributed by atoms with van der Waals surface area (Å²) in [5, 5.41) is 9.37. The topological polar surface area (TPSA) is 78.7 Å². The maximum atomic E-state index is 14.0. The van der Waals surface area contributed by atoms with Crippen LogP contribution in [0, 0.1) is 11.8 Å². The second-order valence-electron chi connectivity index (χ2n) is 12.6. The van der Waals surface area contributed by atoms with Gasteiger partial charge in [-0.2, -0.15) is 0 Å². The van der Waals surface area contributed by atoms with Crippen LogP contribution in [0.3, 0.4) is 0 Å². The molecule has 0 radical (unpaired) electrons. The van der Waals surface area contributed by atoms with Crippen molar-refractivity contribution >= 4 is 22.8 Å². The SMILES string of the molecule is C[C@H]1CC[C@@H]2C[C@H](n3c(=O)c(N4CC(C(=O)O)C4)nc4ccccc43)C[C@H]1N2C1CCCCCCCCC1. The molecular weight excluding hydrogens is 476 g/mol. The van der Waals surface area contributed by atoms with E-state index in [-0.39, 0.29) is 11.6 Å². The lowest BCUT2D eigenvalue weighted by Gasteiger charge is -2.55. The van der Waals surface area contributed by atoms with Crippen LogP contribution in [0.25, 0.3) is 11.0 Å². The van der Waals surface area contributed by atoms with Crippen molar-refractivity contribution in [2.75, 3.05) is 18.0 Å². The lowest BCUT2D eigenvalue weighted by atomic mass is 9.74. The zero-order chi connectivity index (χ0) is 26.2. The van der Waals surface area contributed by atoms with Gasteiger partial charge < -0.3 is 14.6 Å². The monoisotopic (exact) mass is 520 g/mol. The minimum Gasteiger partial charge on any atom is -0.481 e. The number of nitrogens with zero attached hydrogens (tertiary/aromatic N) is 4. The molecule has 1 N–H and O–H groups in total. The molecule has 4 aliphatic rings. The van der Waals surface area contributed by atoms with Crippen molar-refractivity contribution < 1.29 is 9.90 Å². The number of aliphatic carboxylic acids is 1. The molecule has 4 fully saturated rings. The molecule has 0 spiro atoms. The van der Waals surface area contributed by atoms with Gasteiger partial charge in [0.15, 0.2) is 5.82 Å². The summed E-state index contributed by atoms with van der Waals surface area (Å²) in [5.41, 5.74) is 1.70. The van der Waals surface area contributed by atoms with E-state index in [2.05, 4.69) is 16.4 Å². The predicted molar refractivity (Wildman–Crippen MR) is 151 cm³/mol. The molecule has 1 saturated carbocycles. The second-order valence-corrected chi connectivity index (χ2v) is 12.6. The third kappa shape index (κ3) is 4.87. The van der Waals surface area contributed by atoms with Gasteiger partial charge in [-0.25, -0.2) is 4.98 Å². The van der Waals surface area contributed by atoms with Crippen LogP contribution in [0.2, 0.25) is 0 Å². The van der Waals surface area contributed by atoms with Crippen molar-refractivity contribution in [1.29, 1.82) is 0 Å². The molecule has 2 bridgehead atoms. The van der Waals surface area contributed by atoms with Crippen molar-refractivity contribution in [3.63, 3.8) is 0 Å². The Morgan fingerprint density at radius 2 is 1.55 bits per heavy atom. The summed E-state index contributed by atoms with van der Waals surface area (Å²) in [5.74, 6) is -0.150. The maximum Gasteiger partial charge on any atom is 0.310 e. The molecular formula is C31H44N4O3. The zero-order valence-electron chi connectivity index (χ0n) is 22.9. The molecule has 3 saturated heterocycles. The molecule has 1 aromatic heterocycles. The number of anilines is 1. The number of rotatable bonds is 4. The van der Waals surface area contributed by atoms with Crippen LogP contribution in [0.5, 0.6) is 0 Å².